The molecule has 2 heterocycles. The summed E-state index contributed by atoms with van der Waals surface area (Å²) in [6.45, 7) is 11.2. The summed E-state index contributed by atoms with van der Waals surface area (Å²) in [6.07, 6.45) is 1.46. The highest BCUT2D eigenvalue weighted by Crippen LogP contribution is 2.19. The molecular weight excluding hydrogens is 552 g/mol. The number of hydrogen-bond acceptors (Lipinski definition) is 9. The number of unbranched alkanes of at least 4 members (excludes halogenated alkanes) is 1. The topological polar surface area (TPSA) is 143 Å². The number of nitrogens with zero attached hydrogens (tertiary/aromatic N) is 4. The molecule has 1 aromatic heterocycles. The second-order valence-electron chi connectivity index (χ2n) is 11.3. The van der Waals surface area contributed by atoms with Crippen LogP contribution in [-0.2, 0) is 19.1 Å². The van der Waals surface area contributed by atoms with Crippen LogP contribution in [0.3, 0.4) is 0 Å². The summed E-state index contributed by atoms with van der Waals surface area (Å²) in [5, 5.41) is 6.07. The van der Waals surface area contributed by atoms with Crippen LogP contribution >= 0.6 is 0 Å². The molecule has 234 valence electrons. The van der Waals surface area contributed by atoms with E-state index in [4.69, 9.17) is 9.47 Å². The maximum Gasteiger partial charge on any atom is 0.409 e. The fourth-order valence-electron chi connectivity index (χ4n) is 4.45. The van der Waals surface area contributed by atoms with Gasteiger partial charge in [0.15, 0.2) is 5.82 Å². The third-order valence-electron chi connectivity index (χ3n) is 6.61. The number of amides is 3. The first-order chi connectivity index (χ1) is 20.5. The van der Waals surface area contributed by atoms with Crippen molar-refractivity contribution in [1.82, 2.24) is 25.1 Å². The second-order valence-corrected chi connectivity index (χ2v) is 11.3. The molecule has 0 spiro atoms. The number of carbonyl (C=O) groups is 4. The fraction of sp³-hybridized carbons (Fsp3) is 0.548. The van der Waals surface area contributed by atoms with Crippen molar-refractivity contribution in [3.8, 4) is 11.4 Å². The first kappa shape index (κ1) is 33.3. The van der Waals surface area contributed by atoms with Gasteiger partial charge in [0.2, 0.25) is 5.91 Å². The van der Waals surface area contributed by atoms with Crippen molar-refractivity contribution in [2.75, 3.05) is 44.6 Å². The molecule has 1 atom stereocenters. The second kappa shape index (κ2) is 15.9. The van der Waals surface area contributed by atoms with Crippen molar-refractivity contribution in [2.45, 2.75) is 71.9 Å². The normalized spacial score (nSPS) is 14.1. The Morgan fingerprint density at radius 3 is 2.28 bits per heavy atom. The molecule has 1 aliphatic rings. The minimum Gasteiger partial charge on any atom is -0.460 e. The van der Waals surface area contributed by atoms with Crippen LogP contribution in [0.1, 0.15) is 70.8 Å². The lowest BCUT2D eigenvalue weighted by Gasteiger charge is -2.36. The molecule has 3 amide bonds. The Hall–Kier alpha value is -4.22. The maximum atomic E-state index is 13.7. The standard InChI is InChI=1S/C31H44N6O6/c1-6-8-16-32-25-21-24(33-27(35-25)22-12-10-9-11-13-22)28(39)34-23(14-15-26(38)43-31(3,4)5)29(40)36-17-19-37(20-18-36)30(41)42-7-2/h9-13,21,23H,6-8,14-20H2,1-5H3,(H,34,39)(H,32,33,35)/t23-/m0/s1. The van der Waals surface area contributed by atoms with Crippen molar-refractivity contribution in [2.24, 2.45) is 0 Å². The van der Waals surface area contributed by atoms with Gasteiger partial charge >= 0.3 is 12.1 Å². The number of esters is 1. The van der Waals surface area contributed by atoms with E-state index in [0.29, 0.717) is 31.3 Å². The average Bonchev–Trinajstić information content (AvgIpc) is 2.98. The van der Waals surface area contributed by atoms with Gasteiger partial charge in [0.1, 0.15) is 23.2 Å². The predicted octanol–water partition coefficient (Wildman–Crippen LogP) is 3.88. The summed E-state index contributed by atoms with van der Waals surface area (Å²) in [4.78, 5) is 64.2. The van der Waals surface area contributed by atoms with Crippen LogP contribution in [0.15, 0.2) is 36.4 Å². The van der Waals surface area contributed by atoms with Gasteiger partial charge in [-0.2, -0.15) is 0 Å². The largest absolute Gasteiger partial charge is 0.460 e. The molecule has 1 aromatic carbocycles. The number of nitrogens with one attached hydrogen (secondary N) is 2. The van der Waals surface area contributed by atoms with Gasteiger partial charge < -0.3 is 29.9 Å². The quantitative estimate of drug-likeness (QED) is 0.276. The molecule has 3 rings (SSSR count). The number of rotatable bonds is 12. The van der Waals surface area contributed by atoms with Crippen LogP contribution in [-0.4, -0.2) is 94.6 Å². The number of carbonyl (C=O) groups excluding carboxylic acids is 4. The number of ether oxygens (including phenoxy) is 2. The van der Waals surface area contributed by atoms with Gasteiger partial charge in [-0.3, -0.25) is 14.4 Å². The van der Waals surface area contributed by atoms with Crippen LogP contribution in [0, 0.1) is 0 Å². The number of anilines is 1. The van der Waals surface area contributed by atoms with Crippen molar-refractivity contribution >= 4 is 29.7 Å². The van der Waals surface area contributed by atoms with Crippen LogP contribution in [0.2, 0.25) is 0 Å². The van der Waals surface area contributed by atoms with E-state index in [-0.39, 0.29) is 44.1 Å². The van der Waals surface area contributed by atoms with Crippen LogP contribution < -0.4 is 10.6 Å². The summed E-state index contributed by atoms with van der Waals surface area (Å²) in [5.74, 6) is -0.509. The van der Waals surface area contributed by atoms with E-state index in [1.54, 1.807) is 43.6 Å². The van der Waals surface area contributed by atoms with Crippen LogP contribution in [0.4, 0.5) is 10.6 Å². The Kier molecular flexibility index (Phi) is 12.3. The minimum absolute atomic E-state index is 0.0375. The summed E-state index contributed by atoms with van der Waals surface area (Å²) >= 11 is 0. The number of piperazine rings is 1. The summed E-state index contributed by atoms with van der Waals surface area (Å²) in [7, 11) is 0. The lowest BCUT2D eigenvalue weighted by Crippen LogP contribution is -2.56. The van der Waals surface area contributed by atoms with E-state index in [1.807, 2.05) is 30.3 Å². The molecule has 1 fully saturated rings. The Labute approximate surface area is 253 Å². The Morgan fingerprint density at radius 1 is 0.977 bits per heavy atom. The smallest absolute Gasteiger partial charge is 0.409 e. The summed E-state index contributed by atoms with van der Waals surface area (Å²) in [5.41, 5.74) is 0.155. The zero-order valence-electron chi connectivity index (χ0n) is 25.9. The van der Waals surface area contributed by atoms with Crippen molar-refractivity contribution in [3.05, 3.63) is 42.1 Å². The average molecular weight is 597 g/mol. The van der Waals surface area contributed by atoms with Gasteiger partial charge in [-0.05, 0) is 40.5 Å². The SMILES string of the molecule is CCCCNc1cc(C(=O)N[C@@H](CCC(=O)OC(C)(C)C)C(=O)N2CCN(C(=O)OCC)CC2)nc(-c2ccccc2)n1. The van der Waals surface area contributed by atoms with E-state index in [9.17, 15) is 19.2 Å². The van der Waals surface area contributed by atoms with Crippen LogP contribution in [0.25, 0.3) is 11.4 Å². The van der Waals surface area contributed by atoms with Gasteiger partial charge in [0.25, 0.3) is 5.91 Å². The van der Waals surface area contributed by atoms with Crippen LogP contribution in [0.5, 0.6) is 0 Å². The molecule has 43 heavy (non-hydrogen) atoms. The molecule has 12 nitrogen and oxygen atoms in total. The highest BCUT2D eigenvalue weighted by atomic mass is 16.6. The van der Waals surface area contributed by atoms with E-state index in [1.165, 1.54) is 0 Å². The zero-order valence-corrected chi connectivity index (χ0v) is 25.9. The highest BCUT2D eigenvalue weighted by molar-refractivity contribution is 5.97. The first-order valence-electron chi connectivity index (χ1n) is 14.9. The molecule has 1 aliphatic heterocycles. The van der Waals surface area contributed by atoms with E-state index < -0.39 is 29.6 Å². The summed E-state index contributed by atoms with van der Waals surface area (Å²) < 4.78 is 10.5. The Bertz CT molecular complexity index is 1240. The van der Waals surface area contributed by atoms with Crippen molar-refractivity contribution in [3.63, 3.8) is 0 Å². The Morgan fingerprint density at radius 2 is 1.65 bits per heavy atom. The van der Waals surface area contributed by atoms with E-state index in [0.717, 1.165) is 18.4 Å². The first-order valence-corrected chi connectivity index (χ1v) is 14.9. The molecule has 1 saturated heterocycles. The number of aromatic nitrogens is 2. The Balaban J connectivity index is 1.82. The minimum atomic E-state index is -1.01. The zero-order chi connectivity index (χ0) is 31.4. The third kappa shape index (κ3) is 10.5. The molecular formula is C31H44N6O6. The van der Waals surface area contributed by atoms with Gasteiger partial charge in [-0.25, -0.2) is 14.8 Å². The molecule has 0 radical (unpaired) electrons. The predicted molar refractivity (Wildman–Crippen MR) is 162 cm³/mol. The fourth-order valence-corrected chi connectivity index (χ4v) is 4.45. The van der Waals surface area contributed by atoms with E-state index >= 15 is 0 Å². The third-order valence-corrected chi connectivity index (χ3v) is 6.61. The lowest BCUT2D eigenvalue weighted by molar-refractivity contribution is -0.155. The molecule has 0 unspecified atom stereocenters. The van der Waals surface area contributed by atoms with Gasteiger partial charge in [-0.15, -0.1) is 0 Å². The number of benzene rings is 1. The van der Waals surface area contributed by atoms with Gasteiger partial charge in [0, 0.05) is 50.8 Å². The van der Waals surface area contributed by atoms with E-state index in [2.05, 4.69) is 27.5 Å². The van der Waals surface area contributed by atoms with Crippen molar-refractivity contribution in [1.29, 1.82) is 0 Å². The molecule has 0 saturated carbocycles. The maximum absolute atomic E-state index is 13.7. The molecule has 12 heteroatoms. The van der Waals surface area contributed by atoms with Gasteiger partial charge in [-0.1, -0.05) is 43.7 Å². The summed E-state index contributed by atoms with van der Waals surface area (Å²) in [6, 6.07) is 9.87. The molecule has 0 bridgehead atoms. The molecule has 2 N–H and O–H groups in total. The highest BCUT2D eigenvalue weighted by Gasteiger charge is 2.32. The molecule has 2 aromatic rings. The lowest BCUT2D eigenvalue weighted by atomic mass is 10.1. The molecule has 0 aliphatic carbocycles. The van der Waals surface area contributed by atoms with Gasteiger partial charge in [0.05, 0.1) is 6.61 Å². The number of hydrogen-bond donors (Lipinski definition) is 2. The van der Waals surface area contributed by atoms with Crippen molar-refractivity contribution < 1.29 is 28.7 Å². The monoisotopic (exact) mass is 596 g/mol.